The Kier molecular flexibility index (Phi) is 3.39. The van der Waals surface area contributed by atoms with Crippen molar-refractivity contribution in [2.24, 2.45) is 0 Å². The van der Waals surface area contributed by atoms with Crippen molar-refractivity contribution in [3.8, 4) is 0 Å². The molecule has 2 heterocycles. The molecule has 1 amide bonds. The molecule has 0 bridgehead atoms. The number of hydrogen-bond acceptors (Lipinski definition) is 4. The molecule has 104 valence electrons. The van der Waals surface area contributed by atoms with E-state index in [0.717, 1.165) is 17.7 Å². The standard InChI is InChI=1S/C13H17NO3S2/c15-13(14-10-5-6-19(16,17)8-10)12-7-9-3-1-2-4-11(9)18-12/h7,10H,1-6,8H2,(H,14,15). The Hall–Kier alpha value is -0.880. The molecular weight excluding hydrogens is 282 g/mol. The van der Waals surface area contributed by atoms with Crippen LogP contribution in [0.25, 0.3) is 0 Å². The van der Waals surface area contributed by atoms with E-state index in [4.69, 9.17) is 0 Å². The lowest BCUT2D eigenvalue weighted by Gasteiger charge is -2.09. The molecule has 1 aromatic rings. The van der Waals surface area contributed by atoms with Gasteiger partial charge < -0.3 is 5.32 Å². The highest BCUT2D eigenvalue weighted by molar-refractivity contribution is 7.91. The van der Waals surface area contributed by atoms with Crippen LogP contribution in [0.5, 0.6) is 0 Å². The third-order valence-corrected chi connectivity index (χ3v) is 6.79. The van der Waals surface area contributed by atoms with E-state index < -0.39 is 9.84 Å². The Labute approximate surface area is 117 Å². The normalized spacial score (nSPS) is 24.9. The highest BCUT2D eigenvalue weighted by Gasteiger charge is 2.29. The monoisotopic (exact) mass is 299 g/mol. The first-order valence-electron chi connectivity index (χ1n) is 6.66. The first-order chi connectivity index (χ1) is 9.03. The van der Waals surface area contributed by atoms with Crippen molar-refractivity contribution in [2.45, 2.75) is 38.1 Å². The van der Waals surface area contributed by atoms with Gasteiger partial charge in [-0.3, -0.25) is 4.79 Å². The highest BCUT2D eigenvalue weighted by Crippen LogP contribution is 2.29. The maximum absolute atomic E-state index is 12.1. The zero-order valence-electron chi connectivity index (χ0n) is 10.6. The molecule has 1 saturated heterocycles. The van der Waals surface area contributed by atoms with Gasteiger partial charge in [0.2, 0.25) is 0 Å². The molecule has 1 aromatic heterocycles. The summed E-state index contributed by atoms with van der Waals surface area (Å²) in [5.74, 6) is 0.171. The van der Waals surface area contributed by atoms with Crippen LogP contribution < -0.4 is 5.32 Å². The second-order valence-corrected chi connectivity index (χ2v) is 8.71. The van der Waals surface area contributed by atoms with Crippen molar-refractivity contribution in [2.75, 3.05) is 11.5 Å². The van der Waals surface area contributed by atoms with Gasteiger partial charge in [0.05, 0.1) is 16.4 Å². The molecular formula is C13H17NO3S2. The summed E-state index contributed by atoms with van der Waals surface area (Å²) in [4.78, 5) is 14.2. The summed E-state index contributed by atoms with van der Waals surface area (Å²) >= 11 is 1.57. The molecule has 1 aliphatic carbocycles. The fraction of sp³-hybridized carbons (Fsp3) is 0.615. The van der Waals surface area contributed by atoms with Crippen LogP contribution in [0.15, 0.2) is 6.07 Å². The second kappa shape index (κ2) is 4.90. The zero-order valence-corrected chi connectivity index (χ0v) is 12.3. The van der Waals surface area contributed by atoms with E-state index in [2.05, 4.69) is 5.32 Å². The molecule has 1 aliphatic heterocycles. The quantitative estimate of drug-likeness (QED) is 0.901. The summed E-state index contributed by atoms with van der Waals surface area (Å²) in [6.45, 7) is 0. The molecule has 4 nitrogen and oxygen atoms in total. The molecule has 6 heteroatoms. The molecule has 1 unspecified atom stereocenters. The zero-order chi connectivity index (χ0) is 13.5. The average Bonchev–Trinajstić information content (AvgIpc) is 2.92. The van der Waals surface area contributed by atoms with Gasteiger partial charge in [-0.1, -0.05) is 0 Å². The van der Waals surface area contributed by atoms with Crippen LogP contribution in [0.4, 0.5) is 0 Å². The van der Waals surface area contributed by atoms with Gasteiger partial charge in [-0.15, -0.1) is 11.3 Å². The molecule has 0 aromatic carbocycles. The molecule has 1 fully saturated rings. The third-order valence-electron chi connectivity index (χ3n) is 3.79. The predicted octanol–water partition coefficient (Wildman–Crippen LogP) is 1.54. The smallest absolute Gasteiger partial charge is 0.261 e. The van der Waals surface area contributed by atoms with Crippen LogP contribution in [-0.4, -0.2) is 31.9 Å². The van der Waals surface area contributed by atoms with Gasteiger partial charge in [-0.05, 0) is 43.7 Å². The second-order valence-electron chi connectivity index (χ2n) is 5.34. The van der Waals surface area contributed by atoms with Gasteiger partial charge in [-0.25, -0.2) is 8.42 Å². The number of carbonyl (C=O) groups excluding carboxylic acids is 1. The molecule has 0 radical (unpaired) electrons. The lowest BCUT2D eigenvalue weighted by molar-refractivity contribution is 0.0945. The van der Waals surface area contributed by atoms with Gasteiger partial charge in [0, 0.05) is 10.9 Å². The Morgan fingerprint density at radius 1 is 1.32 bits per heavy atom. The number of sulfone groups is 1. The summed E-state index contributed by atoms with van der Waals surface area (Å²) < 4.78 is 22.7. The van der Waals surface area contributed by atoms with Gasteiger partial charge in [0.15, 0.2) is 9.84 Å². The van der Waals surface area contributed by atoms with Crippen molar-refractivity contribution in [1.82, 2.24) is 5.32 Å². The number of hydrogen-bond donors (Lipinski definition) is 1. The van der Waals surface area contributed by atoms with Crippen LogP contribution in [0.2, 0.25) is 0 Å². The average molecular weight is 299 g/mol. The third kappa shape index (κ3) is 2.84. The van der Waals surface area contributed by atoms with E-state index >= 15 is 0 Å². The number of carbonyl (C=O) groups is 1. The van der Waals surface area contributed by atoms with E-state index in [1.165, 1.54) is 23.3 Å². The summed E-state index contributed by atoms with van der Waals surface area (Å²) in [5, 5.41) is 2.85. The number of thiophene rings is 1. The first kappa shape index (κ1) is 13.1. The summed E-state index contributed by atoms with van der Waals surface area (Å²) in [7, 11) is -2.94. The van der Waals surface area contributed by atoms with Gasteiger partial charge in [0.25, 0.3) is 5.91 Å². The lowest BCUT2D eigenvalue weighted by atomic mass is 9.99. The predicted molar refractivity (Wildman–Crippen MR) is 75.5 cm³/mol. The van der Waals surface area contributed by atoms with Crippen molar-refractivity contribution in [1.29, 1.82) is 0 Å². The van der Waals surface area contributed by atoms with E-state index in [0.29, 0.717) is 6.42 Å². The molecule has 0 saturated carbocycles. The Morgan fingerprint density at radius 2 is 2.11 bits per heavy atom. The van der Waals surface area contributed by atoms with Crippen molar-refractivity contribution < 1.29 is 13.2 Å². The fourth-order valence-electron chi connectivity index (χ4n) is 2.77. The SMILES string of the molecule is O=C(NC1CCS(=O)(=O)C1)c1cc2c(s1)CCCC2. The number of rotatable bonds is 2. The maximum Gasteiger partial charge on any atom is 0.261 e. The van der Waals surface area contributed by atoms with Crippen LogP contribution in [-0.2, 0) is 22.7 Å². The van der Waals surface area contributed by atoms with Gasteiger partial charge >= 0.3 is 0 Å². The summed E-state index contributed by atoms with van der Waals surface area (Å²) in [5.41, 5.74) is 1.31. The van der Waals surface area contributed by atoms with Crippen molar-refractivity contribution in [3.05, 3.63) is 21.4 Å². The molecule has 1 atom stereocenters. The van der Waals surface area contributed by atoms with Crippen LogP contribution in [0.3, 0.4) is 0 Å². The van der Waals surface area contributed by atoms with Crippen molar-refractivity contribution in [3.63, 3.8) is 0 Å². The van der Waals surface area contributed by atoms with E-state index in [1.54, 1.807) is 11.3 Å². The highest BCUT2D eigenvalue weighted by atomic mass is 32.2. The fourth-order valence-corrected chi connectivity index (χ4v) is 5.60. The Bertz CT molecular complexity index is 580. The Balaban J connectivity index is 1.69. The number of aryl methyl sites for hydroxylation is 2. The largest absolute Gasteiger partial charge is 0.348 e. The Morgan fingerprint density at radius 3 is 2.79 bits per heavy atom. The van der Waals surface area contributed by atoms with Crippen LogP contribution >= 0.6 is 11.3 Å². The molecule has 3 rings (SSSR count). The first-order valence-corrected chi connectivity index (χ1v) is 9.30. The van der Waals surface area contributed by atoms with Crippen molar-refractivity contribution >= 4 is 27.1 Å². The minimum atomic E-state index is -2.94. The van der Waals surface area contributed by atoms with E-state index in [9.17, 15) is 13.2 Å². The topological polar surface area (TPSA) is 63.2 Å². The number of nitrogens with one attached hydrogen (secondary N) is 1. The lowest BCUT2D eigenvalue weighted by Crippen LogP contribution is -2.35. The maximum atomic E-state index is 12.1. The number of fused-ring (bicyclic) bond motifs is 1. The molecule has 2 aliphatic rings. The van der Waals surface area contributed by atoms with Gasteiger partial charge in [-0.2, -0.15) is 0 Å². The molecule has 1 N–H and O–H groups in total. The summed E-state index contributed by atoms with van der Waals surface area (Å²) in [6.07, 6.45) is 5.09. The minimum Gasteiger partial charge on any atom is -0.348 e. The van der Waals surface area contributed by atoms with E-state index in [1.807, 2.05) is 6.07 Å². The van der Waals surface area contributed by atoms with E-state index in [-0.39, 0.29) is 23.5 Å². The molecule has 0 spiro atoms. The van der Waals surface area contributed by atoms with Crippen LogP contribution in [0.1, 0.15) is 39.4 Å². The van der Waals surface area contributed by atoms with Crippen LogP contribution in [0, 0.1) is 0 Å². The number of amides is 1. The van der Waals surface area contributed by atoms with Gasteiger partial charge in [0.1, 0.15) is 0 Å². The summed E-state index contributed by atoms with van der Waals surface area (Å²) in [6, 6.07) is 1.77. The molecule has 19 heavy (non-hydrogen) atoms. The minimum absolute atomic E-state index is 0.0871.